The third-order valence-electron chi connectivity index (χ3n) is 5.68. The second-order valence-corrected chi connectivity index (χ2v) is 7.88. The van der Waals surface area contributed by atoms with E-state index in [1.807, 2.05) is 30.3 Å². The zero-order chi connectivity index (χ0) is 19.3. The lowest BCUT2D eigenvalue weighted by Gasteiger charge is -2.32. The van der Waals surface area contributed by atoms with Gasteiger partial charge in [-0.3, -0.25) is 4.79 Å². The number of benzene rings is 1. The summed E-state index contributed by atoms with van der Waals surface area (Å²) >= 11 is 0. The fraction of sp³-hybridized carbons (Fsp3) is 0.435. The predicted octanol–water partition coefficient (Wildman–Crippen LogP) is 3.18. The Hall–Kier alpha value is -2.87. The molecule has 4 rings (SSSR count). The summed E-state index contributed by atoms with van der Waals surface area (Å²) in [6.07, 6.45) is 6.66. The zero-order valence-electron chi connectivity index (χ0n) is 16.3. The number of piperidine rings is 1. The molecule has 1 saturated carbocycles. The number of hydrogen-bond acceptors (Lipinski definition) is 4. The molecule has 1 aromatic carbocycles. The predicted molar refractivity (Wildman–Crippen MR) is 110 cm³/mol. The summed E-state index contributed by atoms with van der Waals surface area (Å²) in [5.41, 5.74) is 1.78. The highest BCUT2D eigenvalue weighted by Gasteiger charge is 2.42. The van der Waals surface area contributed by atoms with Gasteiger partial charge >= 0.3 is 0 Å². The Bertz CT molecular complexity index is 861. The summed E-state index contributed by atoms with van der Waals surface area (Å²) in [7, 11) is 0. The summed E-state index contributed by atoms with van der Waals surface area (Å²) < 4.78 is 0. The minimum Gasteiger partial charge on any atom is -0.354 e. The molecule has 144 valence electrons. The Balaban J connectivity index is 1.22. The van der Waals surface area contributed by atoms with Crippen molar-refractivity contribution in [2.75, 3.05) is 25.0 Å². The van der Waals surface area contributed by atoms with E-state index >= 15 is 0 Å². The molecule has 28 heavy (non-hydrogen) atoms. The second kappa shape index (κ2) is 8.43. The molecule has 2 aromatic rings. The van der Waals surface area contributed by atoms with Crippen molar-refractivity contribution in [3.05, 3.63) is 53.9 Å². The van der Waals surface area contributed by atoms with E-state index in [9.17, 15) is 4.79 Å². The summed E-state index contributed by atoms with van der Waals surface area (Å²) in [5.74, 6) is 8.64. The monoisotopic (exact) mass is 374 g/mol. The fourth-order valence-electron chi connectivity index (χ4n) is 3.64. The van der Waals surface area contributed by atoms with Crippen molar-refractivity contribution in [3.8, 4) is 11.8 Å². The zero-order valence-corrected chi connectivity index (χ0v) is 16.3. The lowest BCUT2D eigenvalue weighted by atomic mass is 9.96. The molecule has 1 aliphatic heterocycles. The molecular weight excluding hydrogens is 348 g/mol. The molecular formula is C23H26N4O. The number of nitrogens with one attached hydrogen (secondary N) is 1. The number of hydrogen-bond donors (Lipinski definition) is 1. The third kappa shape index (κ3) is 4.69. The van der Waals surface area contributed by atoms with E-state index in [-0.39, 0.29) is 0 Å². The minimum absolute atomic E-state index is 0.298. The molecule has 2 atom stereocenters. The second-order valence-electron chi connectivity index (χ2n) is 7.88. The van der Waals surface area contributed by atoms with Gasteiger partial charge in [0.25, 0.3) is 0 Å². The molecule has 2 fully saturated rings. The quantitative estimate of drug-likeness (QED) is 0.835. The van der Waals surface area contributed by atoms with Crippen LogP contribution >= 0.6 is 0 Å². The van der Waals surface area contributed by atoms with Crippen molar-refractivity contribution >= 4 is 11.9 Å². The Morgan fingerprint density at radius 2 is 1.75 bits per heavy atom. The minimum atomic E-state index is 0.298. The van der Waals surface area contributed by atoms with Gasteiger partial charge in [0, 0.05) is 43.5 Å². The van der Waals surface area contributed by atoms with Gasteiger partial charge in [-0.25, -0.2) is 9.97 Å². The molecule has 0 radical (unpaired) electrons. The van der Waals surface area contributed by atoms with Crippen molar-refractivity contribution < 1.29 is 4.79 Å². The highest BCUT2D eigenvalue weighted by atomic mass is 16.2. The van der Waals surface area contributed by atoms with E-state index in [1.165, 1.54) is 0 Å². The van der Waals surface area contributed by atoms with Crippen LogP contribution in [-0.2, 0) is 4.79 Å². The van der Waals surface area contributed by atoms with Gasteiger partial charge in [-0.2, -0.15) is 0 Å². The van der Waals surface area contributed by atoms with Gasteiger partial charge in [0.1, 0.15) is 0 Å². The van der Waals surface area contributed by atoms with Gasteiger partial charge in [-0.15, -0.1) is 0 Å². The number of carbonyl (C=O) groups is 1. The van der Waals surface area contributed by atoms with Gasteiger partial charge in [-0.1, -0.05) is 37.0 Å². The van der Waals surface area contributed by atoms with E-state index < -0.39 is 0 Å². The molecule has 5 nitrogen and oxygen atoms in total. The average molecular weight is 374 g/mol. The van der Waals surface area contributed by atoms with Gasteiger partial charge in [-0.05, 0) is 43.2 Å². The number of aromatic nitrogens is 2. The maximum absolute atomic E-state index is 12.3. The normalized spacial score (nSPS) is 21.5. The van der Waals surface area contributed by atoms with Crippen LogP contribution in [0.4, 0.5) is 5.95 Å². The molecule has 1 aromatic heterocycles. The lowest BCUT2D eigenvalue weighted by Crippen LogP contribution is -2.40. The Morgan fingerprint density at radius 3 is 2.39 bits per heavy atom. The van der Waals surface area contributed by atoms with Crippen LogP contribution in [0.25, 0.3) is 0 Å². The maximum atomic E-state index is 12.3. The molecule has 5 heteroatoms. The van der Waals surface area contributed by atoms with Crippen LogP contribution in [0.3, 0.4) is 0 Å². The Morgan fingerprint density at radius 1 is 1.11 bits per heavy atom. The van der Waals surface area contributed by atoms with Crippen LogP contribution in [0.5, 0.6) is 0 Å². The topological polar surface area (TPSA) is 58.1 Å². The molecule has 1 N–H and O–H groups in total. The lowest BCUT2D eigenvalue weighted by molar-refractivity contribution is -0.134. The number of anilines is 1. The van der Waals surface area contributed by atoms with E-state index in [0.29, 0.717) is 29.6 Å². The van der Waals surface area contributed by atoms with Crippen molar-refractivity contribution in [2.45, 2.75) is 26.2 Å². The average Bonchev–Trinajstić information content (AvgIpc) is 3.48. The summed E-state index contributed by atoms with van der Waals surface area (Å²) in [5, 5.41) is 3.33. The smallest absolute Gasteiger partial charge is 0.225 e. The van der Waals surface area contributed by atoms with Gasteiger partial charge in [0.05, 0.1) is 5.56 Å². The molecule has 1 saturated heterocycles. The number of likely N-dealkylation sites (tertiary alicyclic amines) is 1. The van der Waals surface area contributed by atoms with Crippen molar-refractivity contribution in [1.29, 1.82) is 0 Å². The first-order chi connectivity index (χ1) is 13.7. The van der Waals surface area contributed by atoms with Crippen LogP contribution < -0.4 is 5.32 Å². The summed E-state index contributed by atoms with van der Waals surface area (Å²) in [6, 6.07) is 9.88. The number of carbonyl (C=O) groups excluding carboxylic acids is 1. The van der Waals surface area contributed by atoms with Gasteiger partial charge in [0.2, 0.25) is 11.9 Å². The van der Waals surface area contributed by atoms with E-state index in [2.05, 4.69) is 38.9 Å². The molecule has 2 aliphatic rings. The third-order valence-corrected chi connectivity index (χ3v) is 5.68. The fourth-order valence-corrected chi connectivity index (χ4v) is 3.64. The van der Waals surface area contributed by atoms with Crippen molar-refractivity contribution in [2.24, 2.45) is 17.8 Å². The molecule has 0 spiro atoms. The van der Waals surface area contributed by atoms with E-state index in [0.717, 1.165) is 50.0 Å². The van der Waals surface area contributed by atoms with Crippen LogP contribution in [0.1, 0.15) is 37.3 Å². The number of rotatable bonds is 4. The van der Waals surface area contributed by atoms with Crippen molar-refractivity contribution in [1.82, 2.24) is 14.9 Å². The summed E-state index contributed by atoms with van der Waals surface area (Å²) in [6.45, 7) is 4.77. The van der Waals surface area contributed by atoms with Crippen LogP contribution in [-0.4, -0.2) is 40.4 Å². The Labute approximate surface area is 166 Å². The molecule has 0 bridgehead atoms. The molecule has 0 unspecified atom stereocenters. The first-order valence-corrected chi connectivity index (χ1v) is 10.1. The van der Waals surface area contributed by atoms with Crippen LogP contribution in [0, 0.1) is 29.6 Å². The largest absolute Gasteiger partial charge is 0.354 e. The number of nitrogens with zero attached hydrogens (tertiary/aromatic N) is 3. The van der Waals surface area contributed by atoms with E-state index in [4.69, 9.17) is 0 Å². The molecule has 1 amide bonds. The summed E-state index contributed by atoms with van der Waals surface area (Å²) in [4.78, 5) is 23.1. The van der Waals surface area contributed by atoms with E-state index in [1.54, 1.807) is 12.4 Å². The number of amides is 1. The first kappa shape index (κ1) is 18.5. The van der Waals surface area contributed by atoms with Gasteiger partial charge in [0.15, 0.2) is 0 Å². The molecule has 1 aliphatic carbocycles. The first-order valence-electron chi connectivity index (χ1n) is 10.1. The van der Waals surface area contributed by atoms with Crippen LogP contribution in [0.15, 0.2) is 42.7 Å². The molecule has 2 heterocycles. The highest BCUT2D eigenvalue weighted by molar-refractivity contribution is 5.81. The highest BCUT2D eigenvalue weighted by Crippen LogP contribution is 2.39. The SMILES string of the molecule is C[C@@H]1C[C@H]1C(=O)N1CCC(CNc2ncc(C#Cc3ccccc3)cn2)CC1. The maximum Gasteiger partial charge on any atom is 0.225 e. The van der Waals surface area contributed by atoms with Gasteiger partial charge < -0.3 is 10.2 Å². The standard InChI is InChI=1S/C23H26N4O/c1-17-13-21(17)22(28)27-11-9-19(10-12-27)14-24-23-25-15-20(16-26-23)8-7-18-5-3-2-4-6-18/h2-6,15-17,19,21H,9-14H2,1H3,(H,24,25,26)/t17-,21-/m1/s1. The van der Waals surface area contributed by atoms with Crippen LogP contribution in [0.2, 0.25) is 0 Å². The Kier molecular flexibility index (Phi) is 5.57. The van der Waals surface area contributed by atoms with Crippen molar-refractivity contribution in [3.63, 3.8) is 0 Å².